The molecular weight excluding hydrogens is 474 g/mol. The Bertz CT molecular complexity index is 1390. The van der Waals surface area contributed by atoms with Crippen LogP contribution in [0.4, 0.5) is 5.69 Å². The second-order valence-corrected chi connectivity index (χ2v) is 10.9. The molecule has 0 aromatic heterocycles. The van der Waals surface area contributed by atoms with Crippen LogP contribution >= 0.6 is 0 Å². The van der Waals surface area contributed by atoms with Crippen molar-refractivity contribution < 1.29 is 14.9 Å². The quantitative estimate of drug-likeness (QED) is 0.198. The Morgan fingerprint density at radius 2 is 1.82 bits per heavy atom. The van der Waals surface area contributed by atoms with Gasteiger partial charge in [0.25, 0.3) is 0 Å². The summed E-state index contributed by atoms with van der Waals surface area (Å²) in [4.78, 5) is 7.61. The molecule has 7 rings (SSSR count). The van der Waals surface area contributed by atoms with Gasteiger partial charge in [-0.2, -0.15) is 0 Å². The number of para-hydroxylation sites is 1. The molecule has 3 aromatic carbocycles. The van der Waals surface area contributed by atoms with Gasteiger partial charge in [-0.3, -0.25) is 9.89 Å². The van der Waals surface area contributed by atoms with Crippen LogP contribution in [0.3, 0.4) is 0 Å². The number of rotatable bonds is 6. The highest BCUT2D eigenvalue weighted by atomic mass is 16.5. The molecule has 2 heterocycles. The van der Waals surface area contributed by atoms with Crippen molar-refractivity contribution in [1.29, 1.82) is 0 Å². The summed E-state index contributed by atoms with van der Waals surface area (Å²) in [6.45, 7) is 2.65. The van der Waals surface area contributed by atoms with Gasteiger partial charge in [0.05, 0.1) is 0 Å². The van der Waals surface area contributed by atoms with Crippen molar-refractivity contribution in [2.24, 2.45) is 10.9 Å². The zero-order valence-corrected chi connectivity index (χ0v) is 21.3. The van der Waals surface area contributed by atoms with Gasteiger partial charge in [-0.15, -0.1) is 0 Å². The summed E-state index contributed by atoms with van der Waals surface area (Å²) in [5, 5.41) is 24.9. The molecule has 1 spiro atoms. The van der Waals surface area contributed by atoms with Crippen LogP contribution in [0.15, 0.2) is 89.9 Å². The third kappa shape index (κ3) is 3.66. The summed E-state index contributed by atoms with van der Waals surface area (Å²) >= 11 is 0. The number of hydrogen-bond donors (Lipinski definition) is 3. The Hall–Kier alpha value is -3.61. The van der Waals surface area contributed by atoms with Crippen LogP contribution in [0.1, 0.15) is 29.5 Å². The van der Waals surface area contributed by atoms with Crippen molar-refractivity contribution in [3.8, 4) is 11.5 Å². The van der Waals surface area contributed by atoms with Crippen molar-refractivity contribution >= 4 is 11.5 Å². The number of aliphatic hydroxyl groups is 1. The van der Waals surface area contributed by atoms with Crippen LogP contribution in [0.5, 0.6) is 11.5 Å². The molecule has 2 bridgehead atoms. The number of nitrogens with zero attached hydrogens (tertiary/aromatic N) is 2. The minimum Gasteiger partial charge on any atom is -0.504 e. The Balaban J connectivity index is 1.10. The van der Waals surface area contributed by atoms with Crippen LogP contribution in [0.2, 0.25) is 0 Å². The minimum absolute atomic E-state index is 0.190. The molecule has 194 valence electrons. The van der Waals surface area contributed by atoms with Gasteiger partial charge in [0.15, 0.2) is 11.5 Å². The molecule has 2 aliphatic heterocycles. The summed E-state index contributed by atoms with van der Waals surface area (Å²) in [5.74, 6) is 1.95. The molecule has 2 aliphatic carbocycles. The number of benzene rings is 3. The first kappa shape index (κ1) is 23.5. The van der Waals surface area contributed by atoms with E-state index in [4.69, 9.17) is 9.73 Å². The zero-order chi connectivity index (χ0) is 25.7. The van der Waals surface area contributed by atoms with E-state index in [1.165, 1.54) is 5.56 Å². The SMILES string of the molecule is Oc1ccc2c3c1O[C@H]1[C@@H](O)C=CC4[C@H](C2)N(CCCN=C(Nc2ccccc2)c2ccccc2)CC[C@@]341. The number of phenols is 1. The fraction of sp³-hybridized carbons (Fsp3) is 0.344. The highest BCUT2D eigenvalue weighted by Crippen LogP contribution is 2.62. The van der Waals surface area contributed by atoms with E-state index in [2.05, 4.69) is 46.6 Å². The second-order valence-electron chi connectivity index (χ2n) is 10.9. The first-order chi connectivity index (χ1) is 18.6. The molecule has 6 nitrogen and oxygen atoms in total. The third-order valence-corrected chi connectivity index (χ3v) is 8.94. The van der Waals surface area contributed by atoms with Gasteiger partial charge < -0.3 is 20.3 Å². The molecule has 0 amide bonds. The van der Waals surface area contributed by atoms with Gasteiger partial charge >= 0.3 is 0 Å². The lowest BCUT2D eigenvalue weighted by atomic mass is 9.53. The van der Waals surface area contributed by atoms with Gasteiger partial charge in [0.2, 0.25) is 0 Å². The van der Waals surface area contributed by atoms with Gasteiger partial charge in [0.1, 0.15) is 18.0 Å². The van der Waals surface area contributed by atoms with Crippen molar-refractivity contribution in [1.82, 2.24) is 4.90 Å². The highest BCUT2D eigenvalue weighted by Gasteiger charge is 2.64. The summed E-state index contributed by atoms with van der Waals surface area (Å²) in [5.41, 5.74) is 4.26. The fourth-order valence-electron chi connectivity index (χ4n) is 7.33. The van der Waals surface area contributed by atoms with Gasteiger partial charge in [0, 0.05) is 47.3 Å². The van der Waals surface area contributed by atoms with E-state index in [-0.39, 0.29) is 23.2 Å². The molecule has 6 heteroatoms. The maximum Gasteiger partial charge on any atom is 0.165 e. The first-order valence-corrected chi connectivity index (χ1v) is 13.7. The second kappa shape index (κ2) is 9.29. The van der Waals surface area contributed by atoms with Crippen molar-refractivity contribution in [2.75, 3.05) is 25.0 Å². The highest BCUT2D eigenvalue weighted by molar-refractivity contribution is 6.08. The molecule has 0 saturated carbocycles. The molecule has 1 saturated heterocycles. The number of hydrogen-bond acceptors (Lipinski definition) is 5. The first-order valence-electron chi connectivity index (χ1n) is 13.7. The number of nitrogens with one attached hydrogen (secondary N) is 1. The molecule has 3 aromatic rings. The van der Waals surface area contributed by atoms with Gasteiger partial charge in [-0.05, 0) is 49.6 Å². The monoisotopic (exact) mass is 507 g/mol. The molecule has 0 radical (unpaired) electrons. The van der Waals surface area contributed by atoms with E-state index in [9.17, 15) is 10.2 Å². The number of ether oxygens (including phenoxy) is 1. The number of aliphatic imine (C=N–C) groups is 1. The molecule has 1 unspecified atom stereocenters. The van der Waals surface area contributed by atoms with Gasteiger partial charge in [-0.1, -0.05) is 66.7 Å². The number of phenolic OH excluding ortho intramolecular Hbond substituents is 1. The fourth-order valence-corrected chi connectivity index (χ4v) is 7.33. The maximum atomic E-state index is 10.8. The summed E-state index contributed by atoms with van der Waals surface area (Å²) < 4.78 is 6.28. The van der Waals surface area contributed by atoms with E-state index in [0.717, 1.165) is 61.5 Å². The summed E-state index contributed by atoms with van der Waals surface area (Å²) in [6.07, 6.45) is 5.95. The number of anilines is 1. The normalized spacial score (nSPS) is 29.0. The number of amidine groups is 1. The van der Waals surface area contributed by atoms with Crippen LogP contribution in [0.25, 0.3) is 0 Å². The van der Waals surface area contributed by atoms with E-state index < -0.39 is 6.10 Å². The topological polar surface area (TPSA) is 77.3 Å². The van der Waals surface area contributed by atoms with Crippen LogP contribution < -0.4 is 10.1 Å². The molecule has 5 atom stereocenters. The number of aromatic hydroxyl groups is 1. The lowest BCUT2D eigenvalue weighted by molar-refractivity contribution is -0.0516. The zero-order valence-electron chi connectivity index (χ0n) is 21.3. The van der Waals surface area contributed by atoms with E-state index in [1.807, 2.05) is 42.5 Å². The Labute approximate surface area is 223 Å². The van der Waals surface area contributed by atoms with E-state index in [1.54, 1.807) is 6.07 Å². The Morgan fingerprint density at radius 3 is 2.63 bits per heavy atom. The summed E-state index contributed by atoms with van der Waals surface area (Å²) in [6, 6.07) is 24.6. The Morgan fingerprint density at radius 1 is 1.03 bits per heavy atom. The van der Waals surface area contributed by atoms with Crippen molar-refractivity contribution in [3.63, 3.8) is 0 Å². The Kier molecular flexibility index (Phi) is 5.75. The standard InChI is InChI=1S/C32H33N3O3/c36-26-14-12-22-20-25-24-13-15-27(37)30-32(24,28(22)29(26)38-30)16-19-35(25)18-7-17-33-31(21-8-3-1-4-9-21)34-23-10-5-2-6-11-23/h1-6,8-15,24-25,27,30,36-37H,7,16-20H2,(H,33,34)/t24?,25-,27-,30-,32-/m0/s1. The minimum atomic E-state index is -0.654. The van der Waals surface area contributed by atoms with Crippen molar-refractivity contribution in [2.45, 2.75) is 42.9 Å². The number of piperidine rings is 1. The molecule has 1 fully saturated rings. The van der Waals surface area contributed by atoms with Crippen molar-refractivity contribution in [3.05, 3.63) is 102 Å². The maximum absolute atomic E-state index is 10.8. The van der Waals surface area contributed by atoms with Gasteiger partial charge in [-0.25, -0.2) is 0 Å². The van der Waals surface area contributed by atoms with Crippen LogP contribution in [0, 0.1) is 5.92 Å². The number of likely N-dealkylation sites (tertiary alicyclic amines) is 1. The van der Waals surface area contributed by atoms with Crippen LogP contribution in [-0.4, -0.2) is 58.8 Å². The molecule has 4 aliphatic rings. The van der Waals surface area contributed by atoms with E-state index >= 15 is 0 Å². The smallest absolute Gasteiger partial charge is 0.165 e. The predicted octanol–water partition coefficient (Wildman–Crippen LogP) is 4.52. The molecular formula is C32H33N3O3. The average molecular weight is 508 g/mol. The lowest BCUT2D eigenvalue weighted by Gasteiger charge is -2.57. The average Bonchev–Trinajstić information content (AvgIpc) is 3.31. The lowest BCUT2D eigenvalue weighted by Crippen LogP contribution is -2.65. The molecule has 3 N–H and O–H groups in total. The molecule has 38 heavy (non-hydrogen) atoms. The number of aliphatic hydroxyl groups excluding tert-OH is 1. The van der Waals surface area contributed by atoms with E-state index in [0.29, 0.717) is 11.8 Å². The summed E-state index contributed by atoms with van der Waals surface area (Å²) in [7, 11) is 0. The largest absolute Gasteiger partial charge is 0.504 e. The van der Waals surface area contributed by atoms with Crippen LogP contribution in [-0.2, 0) is 11.8 Å². The third-order valence-electron chi connectivity index (χ3n) is 8.94. The predicted molar refractivity (Wildman–Crippen MR) is 149 cm³/mol.